The Hall–Kier alpha value is -1.20. The zero-order chi connectivity index (χ0) is 9.80. The van der Waals surface area contributed by atoms with Crippen LogP contribution >= 0.6 is 22.9 Å². The van der Waals surface area contributed by atoms with Crippen LogP contribution < -0.4 is 5.32 Å². The molecule has 2 rings (SSSR count). The summed E-state index contributed by atoms with van der Waals surface area (Å²) in [5.74, 6) is 0.558. The van der Waals surface area contributed by atoms with Crippen molar-refractivity contribution < 1.29 is 0 Å². The number of nitrogens with zero attached hydrogens (tertiary/aromatic N) is 3. The lowest BCUT2D eigenvalue weighted by Crippen LogP contribution is -2.02. The van der Waals surface area contributed by atoms with Crippen LogP contribution in [0.25, 0.3) is 0 Å². The van der Waals surface area contributed by atoms with E-state index in [0.29, 0.717) is 17.5 Å². The van der Waals surface area contributed by atoms with E-state index < -0.39 is 0 Å². The zero-order valence-corrected chi connectivity index (χ0v) is 8.72. The van der Waals surface area contributed by atoms with Crippen molar-refractivity contribution in [3.8, 4) is 0 Å². The highest BCUT2D eigenvalue weighted by atomic mass is 35.5. The molecule has 14 heavy (non-hydrogen) atoms. The van der Waals surface area contributed by atoms with Gasteiger partial charge in [0.15, 0.2) is 0 Å². The lowest BCUT2D eigenvalue weighted by Gasteiger charge is -2.00. The molecule has 1 N–H and O–H groups in total. The van der Waals surface area contributed by atoms with Crippen molar-refractivity contribution in [3.63, 3.8) is 0 Å². The maximum absolute atomic E-state index is 5.65. The maximum atomic E-state index is 5.65. The fourth-order valence-electron chi connectivity index (χ4n) is 0.898. The molecule has 0 unspecified atom stereocenters. The van der Waals surface area contributed by atoms with Gasteiger partial charge in [-0.15, -0.1) is 11.3 Å². The van der Waals surface area contributed by atoms with Crippen molar-refractivity contribution in [2.24, 2.45) is 0 Å². The highest BCUT2D eigenvalue weighted by molar-refractivity contribution is 7.07. The molecule has 0 amide bonds. The summed E-state index contributed by atoms with van der Waals surface area (Å²) in [5, 5.41) is 5.54. The molecule has 0 saturated carbocycles. The lowest BCUT2D eigenvalue weighted by molar-refractivity contribution is 1.02. The fraction of sp³-hybridized carbons (Fsp3) is 0.125. The van der Waals surface area contributed by atoms with Gasteiger partial charge >= 0.3 is 0 Å². The molecule has 6 heteroatoms. The molecule has 4 nitrogen and oxygen atoms in total. The molecule has 0 aliphatic rings. The first-order valence-electron chi connectivity index (χ1n) is 3.93. The van der Waals surface area contributed by atoms with E-state index in [1.807, 2.05) is 5.38 Å². The first-order valence-corrected chi connectivity index (χ1v) is 5.25. The number of thiazole rings is 1. The predicted molar refractivity (Wildman–Crippen MR) is 56.5 cm³/mol. The van der Waals surface area contributed by atoms with E-state index in [1.54, 1.807) is 29.2 Å². The summed E-state index contributed by atoms with van der Waals surface area (Å²) in [6, 6.07) is 0. The Balaban J connectivity index is 1.95. The molecular weight excluding hydrogens is 220 g/mol. The van der Waals surface area contributed by atoms with E-state index in [2.05, 4.69) is 20.3 Å². The third-order valence-electron chi connectivity index (χ3n) is 1.53. The quantitative estimate of drug-likeness (QED) is 0.872. The van der Waals surface area contributed by atoms with Crippen LogP contribution in [0.3, 0.4) is 0 Å². The van der Waals surface area contributed by atoms with Crippen LogP contribution in [0.2, 0.25) is 5.02 Å². The number of hydrogen-bond donors (Lipinski definition) is 1. The Morgan fingerprint density at radius 2 is 2.07 bits per heavy atom. The molecule has 72 valence electrons. The van der Waals surface area contributed by atoms with Gasteiger partial charge in [-0.3, -0.25) is 0 Å². The number of hydrogen-bond acceptors (Lipinski definition) is 5. The summed E-state index contributed by atoms with van der Waals surface area (Å²) in [7, 11) is 0. The van der Waals surface area contributed by atoms with Gasteiger partial charge in [-0.05, 0) is 0 Å². The van der Waals surface area contributed by atoms with E-state index in [4.69, 9.17) is 11.6 Å². The molecule has 0 aliphatic carbocycles. The van der Waals surface area contributed by atoms with Crippen molar-refractivity contribution in [2.75, 3.05) is 5.32 Å². The Morgan fingerprint density at radius 3 is 2.71 bits per heavy atom. The molecule has 2 aromatic heterocycles. The smallest absolute Gasteiger partial charge is 0.222 e. The Labute approximate surface area is 90.0 Å². The van der Waals surface area contributed by atoms with Crippen LogP contribution in [0.1, 0.15) is 5.69 Å². The van der Waals surface area contributed by atoms with Crippen molar-refractivity contribution >= 4 is 28.9 Å². The second-order valence-electron chi connectivity index (χ2n) is 2.56. The van der Waals surface area contributed by atoms with Crippen LogP contribution in [0.4, 0.5) is 5.95 Å². The van der Waals surface area contributed by atoms with Crippen molar-refractivity contribution in [3.05, 3.63) is 34.0 Å². The predicted octanol–water partition coefficient (Wildman–Crippen LogP) is 2.20. The average molecular weight is 227 g/mol. The van der Waals surface area contributed by atoms with Gasteiger partial charge in [0.1, 0.15) is 0 Å². The standard InChI is InChI=1S/C8H7ClN4S/c9-6-1-10-8(11-2-6)12-3-7-4-14-5-13-7/h1-2,4-5H,3H2,(H,10,11,12). The minimum Gasteiger partial charge on any atom is -0.349 e. The Morgan fingerprint density at radius 1 is 1.29 bits per heavy atom. The number of rotatable bonds is 3. The van der Waals surface area contributed by atoms with Gasteiger partial charge in [0, 0.05) is 5.38 Å². The van der Waals surface area contributed by atoms with Crippen LogP contribution in [0, 0.1) is 0 Å². The number of halogens is 1. The molecule has 0 bridgehead atoms. The summed E-state index contributed by atoms with van der Waals surface area (Å²) in [5.41, 5.74) is 2.77. The Kier molecular flexibility index (Phi) is 2.90. The summed E-state index contributed by atoms with van der Waals surface area (Å²) in [4.78, 5) is 12.1. The maximum Gasteiger partial charge on any atom is 0.222 e. The van der Waals surface area contributed by atoms with E-state index >= 15 is 0 Å². The number of aromatic nitrogens is 3. The molecule has 0 fully saturated rings. The third-order valence-corrected chi connectivity index (χ3v) is 2.36. The largest absolute Gasteiger partial charge is 0.349 e. The van der Waals surface area contributed by atoms with Gasteiger partial charge in [-0.2, -0.15) is 0 Å². The topological polar surface area (TPSA) is 50.7 Å². The number of anilines is 1. The van der Waals surface area contributed by atoms with Gasteiger partial charge in [0.05, 0.1) is 35.2 Å². The average Bonchev–Trinajstić information content (AvgIpc) is 2.70. The van der Waals surface area contributed by atoms with Crippen LogP contribution in [-0.4, -0.2) is 15.0 Å². The molecule has 0 aromatic carbocycles. The molecule has 2 heterocycles. The molecule has 0 radical (unpaired) electrons. The molecule has 2 aromatic rings. The van der Waals surface area contributed by atoms with Crippen LogP contribution in [-0.2, 0) is 6.54 Å². The highest BCUT2D eigenvalue weighted by Gasteiger charge is 1.97. The second-order valence-corrected chi connectivity index (χ2v) is 3.71. The van der Waals surface area contributed by atoms with Gasteiger partial charge in [0.2, 0.25) is 5.95 Å². The second kappa shape index (κ2) is 4.34. The van der Waals surface area contributed by atoms with Crippen molar-refractivity contribution in [1.29, 1.82) is 0 Å². The minimum absolute atomic E-state index is 0.532. The van der Waals surface area contributed by atoms with E-state index in [0.717, 1.165) is 5.69 Å². The summed E-state index contributed by atoms with van der Waals surface area (Å²) < 4.78 is 0. The normalized spacial score (nSPS) is 10.1. The summed E-state index contributed by atoms with van der Waals surface area (Å²) in [6.07, 6.45) is 3.11. The van der Waals surface area contributed by atoms with Gasteiger partial charge in [-0.1, -0.05) is 11.6 Å². The fourth-order valence-corrected chi connectivity index (χ4v) is 1.55. The van der Waals surface area contributed by atoms with Gasteiger partial charge in [0.25, 0.3) is 0 Å². The minimum atomic E-state index is 0.532. The lowest BCUT2D eigenvalue weighted by atomic mass is 10.5. The Bertz CT molecular complexity index is 386. The molecule has 0 saturated heterocycles. The van der Waals surface area contributed by atoms with Gasteiger partial charge in [-0.25, -0.2) is 15.0 Å². The van der Waals surface area contributed by atoms with E-state index in [1.165, 1.54) is 0 Å². The SMILES string of the molecule is Clc1cnc(NCc2cscn2)nc1. The molecule has 0 atom stereocenters. The molecule has 0 aliphatic heterocycles. The number of nitrogens with one attached hydrogen (secondary N) is 1. The first kappa shape index (κ1) is 9.36. The van der Waals surface area contributed by atoms with E-state index in [-0.39, 0.29) is 0 Å². The van der Waals surface area contributed by atoms with Crippen molar-refractivity contribution in [1.82, 2.24) is 15.0 Å². The van der Waals surface area contributed by atoms with E-state index in [9.17, 15) is 0 Å². The first-order chi connectivity index (χ1) is 6.84. The monoisotopic (exact) mass is 226 g/mol. The molecule has 0 spiro atoms. The van der Waals surface area contributed by atoms with Crippen LogP contribution in [0.15, 0.2) is 23.3 Å². The molecular formula is C8H7ClN4S. The third kappa shape index (κ3) is 2.40. The summed E-state index contributed by atoms with van der Waals surface area (Å²) in [6.45, 7) is 0.630. The van der Waals surface area contributed by atoms with Gasteiger partial charge < -0.3 is 5.32 Å². The zero-order valence-electron chi connectivity index (χ0n) is 7.14. The van der Waals surface area contributed by atoms with Crippen molar-refractivity contribution in [2.45, 2.75) is 6.54 Å². The highest BCUT2D eigenvalue weighted by Crippen LogP contribution is 2.07. The summed E-state index contributed by atoms with van der Waals surface area (Å²) >= 11 is 7.21. The van der Waals surface area contributed by atoms with Crippen LogP contribution in [0.5, 0.6) is 0 Å².